The number of thioether (sulfide) groups is 1. The Labute approximate surface area is 157 Å². The highest BCUT2D eigenvalue weighted by Crippen LogP contribution is 2.31. The summed E-state index contributed by atoms with van der Waals surface area (Å²) in [6.07, 6.45) is 0.181. The molecule has 2 heterocycles. The molecule has 1 amide bonds. The van der Waals surface area contributed by atoms with E-state index in [9.17, 15) is 18.8 Å². The van der Waals surface area contributed by atoms with Gasteiger partial charge in [0, 0.05) is 12.7 Å². The van der Waals surface area contributed by atoms with Gasteiger partial charge in [-0.25, -0.2) is 14.0 Å². The lowest BCUT2D eigenvalue weighted by Gasteiger charge is -2.15. The number of carbonyl (C=O) groups excluding carboxylic acids is 2. The Morgan fingerprint density at radius 1 is 1.41 bits per heavy atom. The van der Waals surface area contributed by atoms with Gasteiger partial charge in [0.1, 0.15) is 18.3 Å². The van der Waals surface area contributed by atoms with Crippen molar-refractivity contribution in [3.05, 3.63) is 58.4 Å². The Balaban J connectivity index is 1.61. The monoisotopic (exact) mass is 393 g/mol. The molecule has 3 rings (SSSR count). The average molecular weight is 393 g/mol. The predicted octanol–water partition coefficient (Wildman–Crippen LogP) is 1.79. The van der Waals surface area contributed by atoms with Gasteiger partial charge in [0.25, 0.3) is 0 Å². The third-order valence-corrected chi connectivity index (χ3v) is 4.70. The molecule has 0 unspecified atom stereocenters. The summed E-state index contributed by atoms with van der Waals surface area (Å²) in [6, 6.07) is 8.52. The Morgan fingerprint density at radius 2 is 2.15 bits per heavy atom. The van der Waals surface area contributed by atoms with Gasteiger partial charge >= 0.3 is 11.7 Å². The van der Waals surface area contributed by atoms with Crippen LogP contribution in [-0.2, 0) is 14.3 Å². The summed E-state index contributed by atoms with van der Waals surface area (Å²) in [7, 11) is 0. The molecule has 1 fully saturated rings. The highest BCUT2D eigenvalue weighted by atomic mass is 32.2. The van der Waals surface area contributed by atoms with Crippen LogP contribution in [0.1, 0.15) is 23.5 Å². The van der Waals surface area contributed by atoms with E-state index in [1.165, 1.54) is 18.7 Å². The number of esters is 1. The van der Waals surface area contributed by atoms with Crippen molar-refractivity contribution in [2.75, 3.05) is 17.7 Å². The first-order chi connectivity index (χ1) is 12.9. The highest BCUT2D eigenvalue weighted by molar-refractivity contribution is 8.00. The van der Waals surface area contributed by atoms with Crippen molar-refractivity contribution < 1.29 is 23.5 Å². The molecule has 0 bridgehead atoms. The van der Waals surface area contributed by atoms with Crippen LogP contribution in [0.4, 0.5) is 10.2 Å². The minimum atomic E-state index is -0.850. The standard InChI is InChI=1S/C17H16FN3O5S/c1-10(22)19-15-12(18)7-21(17(24)20-15)13-9-27-14(26-13)8-25-16(23)11-5-3-2-4-6-11/h2-7,13-14H,8-9H2,1H3,(H,19,20,22,24)/t13-,14-/m0/s1. The molecule has 0 spiro atoms. The summed E-state index contributed by atoms with van der Waals surface area (Å²) >= 11 is 1.33. The molecular formula is C17H16FN3O5S. The summed E-state index contributed by atoms with van der Waals surface area (Å²) in [5.41, 5.74) is -0.826. The topological polar surface area (TPSA) is 99.5 Å². The number of carbonyl (C=O) groups is 2. The second-order valence-corrected chi connectivity index (χ2v) is 6.82. The quantitative estimate of drug-likeness (QED) is 0.773. The van der Waals surface area contributed by atoms with Gasteiger partial charge in [-0.05, 0) is 12.1 Å². The van der Waals surface area contributed by atoms with Gasteiger partial charge in [0.05, 0.1) is 11.8 Å². The van der Waals surface area contributed by atoms with Gasteiger partial charge in [-0.1, -0.05) is 18.2 Å². The van der Waals surface area contributed by atoms with E-state index in [0.29, 0.717) is 11.3 Å². The Hall–Kier alpha value is -2.72. The molecule has 0 radical (unpaired) electrons. The molecule has 0 aliphatic carbocycles. The molecule has 27 heavy (non-hydrogen) atoms. The number of benzene rings is 1. The van der Waals surface area contributed by atoms with Crippen LogP contribution in [0, 0.1) is 5.82 Å². The third-order valence-electron chi connectivity index (χ3n) is 3.61. The first kappa shape index (κ1) is 19.1. The van der Waals surface area contributed by atoms with Crippen LogP contribution in [0.3, 0.4) is 0 Å². The van der Waals surface area contributed by atoms with Crippen molar-refractivity contribution >= 4 is 29.5 Å². The van der Waals surface area contributed by atoms with Crippen LogP contribution in [0.15, 0.2) is 41.3 Å². The van der Waals surface area contributed by atoms with Crippen molar-refractivity contribution in [3.8, 4) is 0 Å². The third kappa shape index (κ3) is 4.72. The summed E-state index contributed by atoms with van der Waals surface area (Å²) in [5.74, 6) is -1.94. The zero-order chi connectivity index (χ0) is 19.4. The number of anilines is 1. The number of aromatic nitrogens is 2. The van der Waals surface area contributed by atoms with Crippen LogP contribution in [0.2, 0.25) is 0 Å². The van der Waals surface area contributed by atoms with Crippen molar-refractivity contribution in [3.63, 3.8) is 0 Å². The van der Waals surface area contributed by atoms with Gasteiger partial charge in [-0.3, -0.25) is 9.36 Å². The summed E-state index contributed by atoms with van der Waals surface area (Å²) < 4.78 is 25.9. The molecule has 0 saturated carbocycles. The molecule has 8 nitrogen and oxygen atoms in total. The lowest BCUT2D eigenvalue weighted by atomic mass is 10.2. The molecule has 1 saturated heterocycles. The summed E-state index contributed by atoms with van der Waals surface area (Å²) in [5, 5.41) is 2.15. The Bertz CT molecular complexity index is 905. The SMILES string of the molecule is CC(=O)Nc1nc(=O)n([C@@H]2CS[C@@H](COC(=O)c3ccccc3)O2)cc1F. The normalized spacial score (nSPS) is 18.9. The number of nitrogens with one attached hydrogen (secondary N) is 1. The Kier molecular flexibility index (Phi) is 5.87. The number of halogens is 1. The number of ether oxygens (including phenoxy) is 2. The Morgan fingerprint density at radius 3 is 2.85 bits per heavy atom. The van der Waals surface area contributed by atoms with Crippen LogP contribution in [0.25, 0.3) is 0 Å². The van der Waals surface area contributed by atoms with Crippen LogP contribution < -0.4 is 11.0 Å². The van der Waals surface area contributed by atoms with Crippen molar-refractivity contribution in [1.82, 2.24) is 9.55 Å². The van der Waals surface area contributed by atoms with E-state index in [0.717, 1.165) is 10.8 Å². The zero-order valence-corrected chi connectivity index (χ0v) is 15.1. The van der Waals surface area contributed by atoms with Crippen molar-refractivity contribution in [2.45, 2.75) is 18.6 Å². The highest BCUT2D eigenvalue weighted by Gasteiger charge is 2.30. The smallest absolute Gasteiger partial charge is 0.351 e. The van der Waals surface area contributed by atoms with E-state index in [-0.39, 0.29) is 6.61 Å². The summed E-state index contributed by atoms with van der Waals surface area (Å²) in [4.78, 5) is 38.5. The second kappa shape index (κ2) is 8.31. The lowest BCUT2D eigenvalue weighted by molar-refractivity contribution is -0.114. The van der Waals surface area contributed by atoms with Crippen molar-refractivity contribution in [2.24, 2.45) is 0 Å². The van der Waals surface area contributed by atoms with E-state index in [4.69, 9.17) is 9.47 Å². The van der Waals surface area contributed by atoms with E-state index >= 15 is 0 Å². The lowest BCUT2D eigenvalue weighted by Crippen LogP contribution is -2.30. The van der Waals surface area contributed by atoms with E-state index in [1.807, 2.05) is 0 Å². The maximum absolute atomic E-state index is 14.0. The molecule has 10 heteroatoms. The molecule has 1 aromatic carbocycles. The van der Waals surface area contributed by atoms with Gasteiger partial charge in [0.15, 0.2) is 11.6 Å². The maximum Gasteiger partial charge on any atom is 0.351 e. The molecule has 1 N–H and O–H groups in total. The molecule has 2 atom stereocenters. The molecule has 2 aromatic rings. The predicted molar refractivity (Wildman–Crippen MR) is 95.9 cm³/mol. The first-order valence-electron chi connectivity index (χ1n) is 7.99. The second-order valence-electron chi connectivity index (χ2n) is 5.63. The minimum Gasteiger partial charge on any atom is -0.458 e. The first-order valence-corrected chi connectivity index (χ1v) is 9.04. The van der Waals surface area contributed by atoms with Gasteiger partial charge in [-0.2, -0.15) is 4.98 Å². The van der Waals surface area contributed by atoms with Crippen LogP contribution in [-0.4, -0.2) is 39.2 Å². The fraction of sp³-hybridized carbons (Fsp3) is 0.294. The average Bonchev–Trinajstić information content (AvgIpc) is 3.11. The van der Waals surface area contributed by atoms with E-state index in [1.54, 1.807) is 30.3 Å². The molecule has 142 valence electrons. The fourth-order valence-electron chi connectivity index (χ4n) is 2.38. The van der Waals surface area contributed by atoms with Gasteiger partial charge in [0.2, 0.25) is 5.91 Å². The van der Waals surface area contributed by atoms with E-state index in [2.05, 4.69) is 10.3 Å². The number of hydrogen-bond donors (Lipinski definition) is 1. The van der Waals surface area contributed by atoms with Gasteiger partial charge in [-0.15, -0.1) is 11.8 Å². The molecule has 1 aliphatic rings. The van der Waals surface area contributed by atoms with Crippen LogP contribution >= 0.6 is 11.8 Å². The largest absolute Gasteiger partial charge is 0.458 e. The number of rotatable bonds is 5. The fourth-order valence-corrected chi connectivity index (χ4v) is 3.37. The zero-order valence-electron chi connectivity index (χ0n) is 14.3. The molecule has 1 aromatic heterocycles. The summed E-state index contributed by atoms with van der Waals surface area (Å²) in [6.45, 7) is 1.17. The number of hydrogen-bond acceptors (Lipinski definition) is 7. The number of nitrogens with zero attached hydrogens (tertiary/aromatic N) is 2. The molecule has 1 aliphatic heterocycles. The van der Waals surface area contributed by atoms with Crippen LogP contribution in [0.5, 0.6) is 0 Å². The van der Waals surface area contributed by atoms with Crippen molar-refractivity contribution in [1.29, 1.82) is 0 Å². The van der Waals surface area contributed by atoms with Gasteiger partial charge < -0.3 is 14.8 Å². The van der Waals surface area contributed by atoms with E-state index < -0.39 is 40.9 Å². The maximum atomic E-state index is 14.0. The number of amides is 1. The molecular weight excluding hydrogens is 377 g/mol. The minimum absolute atomic E-state index is 0.0104.